The summed E-state index contributed by atoms with van der Waals surface area (Å²) in [6, 6.07) is 4.15. The molecule has 0 N–H and O–H groups in total. The third kappa shape index (κ3) is 3.80. The molecule has 0 aliphatic carbocycles. The van der Waals surface area contributed by atoms with E-state index in [1.54, 1.807) is 12.4 Å². The van der Waals surface area contributed by atoms with Gasteiger partial charge in [-0.2, -0.15) is 0 Å². The first-order valence-corrected chi connectivity index (χ1v) is 9.42. The zero-order valence-corrected chi connectivity index (χ0v) is 14.7. The van der Waals surface area contributed by atoms with Gasteiger partial charge in [-0.1, -0.05) is 0 Å². The zero-order valence-electron chi connectivity index (χ0n) is 14.7. The summed E-state index contributed by atoms with van der Waals surface area (Å²) in [5, 5.41) is 0. The van der Waals surface area contributed by atoms with Gasteiger partial charge in [0.15, 0.2) is 0 Å². The molecule has 25 heavy (non-hydrogen) atoms. The molecule has 3 aliphatic rings. The van der Waals surface area contributed by atoms with Gasteiger partial charge in [-0.05, 0) is 43.4 Å². The summed E-state index contributed by atoms with van der Waals surface area (Å²) in [6.45, 7) is 4.57. The molecule has 1 spiro atoms. The topological polar surface area (TPSA) is 54.9 Å². The third-order valence-electron chi connectivity index (χ3n) is 5.60. The Bertz CT molecular complexity index is 591. The van der Waals surface area contributed by atoms with Crippen LogP contribution in [0, 0.1) is 0 Å². The Labute approximate surface area is 149 Å². The molecule has 1 aromatic heterocycles. The molecule has 2 amide bonds. The Balaban J connectivity index is 1.32. The molecule has 2 atom stereocenters. The first-order valence-electron chi connectivity index (χ1n) is 9.42. The number of carbonyl (C=O) groups excluding carboxylic acids is 1. The number of hydrogen-bond acceptors (Lipinski definition) is 4. The fraction of sp³-hybridized carbons (Fsp3) is 0.684. The molecular formula is C19H27N3O3. The summed E-state index contributed by atoms with van der Waals surface area (Å²) in [5.41, 5.74) is 0.918. The van der Waals surface area contributed by atoms with E-state index < -0.39 is 0 Å². The molecule has 0 bridgehead atoms. The molecule has 3 saturated heterocycles. The van der Waals surface area contributed by atoms with Crippen LogP contribution in [0.2, 0.25) is 0 Å². The van der Waals surface area contributed by atoms with Crippen LogP contribution >= 0.6 is 0 Å². The van der Waals surface area contributed by atoms with E-state index in [2.05, 4.69) is 4.98 Å². The fourth-order valence-corrected chi connectivity index (χ4v) is 4.26. The van der Waals surface area contributed by atoms with E-state index in [1.807, 2.05) is 21.9 Å². The van der Waals surface area contributed by atoms with Crippen LogP contribution < -0.4 is 0 Å². The number of urea groups is 1. The first kappa shape index (κ1) is 16.8. The smallest absolute Gasteiger partial charge is 0.320 e. The van der Waals surface area contributed by atoms with Gasteiger partial charge in [0.2, 0.25) is 0 Å². The van der Waals surface area contributed by atoms with E-state index in [0.29, 0.717) is 19.8 Å². The van der Waals surface area contributed by atoms with E-state index in [9.17, 15) is 4.79 Å². The van der Waals surface area contributed by atoms with Crippen LogP contribution in [0.3, 0.4) is 0 Å². The SMILES string of the molecule is O=C(N1CCCC1)N1CCC[C@]2(C[C@H](OCc3ccncc3)CO2)C1. The average Bonchev–Trinajstić information content (AvgIpc) is 3.31. The second kappa shape index (κ2) is 7.30. The van der Waals surface area contributed by atoms with Gasteiger partial charge in [-0.3, -0.25) is 4.98 Å². The van der Waals surface area contributed by atoms with Crippen molar-refractivity contribution in [2.75, 3.05) is 32.8 Å². The summed E-state index contributed by atoms with van der Waals surface area (Å²) < 4.78 is 12.2. The van der Waals surface area contributed by atoms with Crippen molar-refractivity contribution in [3.05, 3.63) is 30.1 Å². The maximum atomic E-state index is 12.7. The minimum Gasteiger partial charge on any atom is -0.371 e. The number of aromatic nitrogens is 1. The highest BCUT2D eigenvalue weighted by molar-refractivity contribution is 5.75. The Morgan fingerprint density at radius 3 is 2.76 bits per heavy atom. The van der Waals surface area contributed by atoms with E-state index in [-0.39, 0.29) is 17.7 Å². The molecule has 4 rings (SSSR count). The number of amides is 2. The van der Waals surface area contributed by atoms with Crippen molar-refractivity contribution in [2.24, 2.45) is 0 Å². The van der Waals surface area contributed by atoms with Crippen molar-refractivity contribution < 1.29 is 14.3 Å². The lowest BCUT2D eigenvalue weighted by Crippen LogP contribution is -2.53. The summed E-state index contributed by atoms with van der Waals surface area (Å²) in [6.07, 6.45) is 8.85. The fourth-order valence-electron chi connectivity index (χ4n) is 4.26. The Hall–Kier alpha value is -1.66. The van der Waals surface area contributed by atoms with Gasteiger partial charge >= 0.3 is 6.03 Å². The van der Waals surface area contributed by atoms with Crippen LogP contribution in [-0.4, -0.2) is 65.3 Å². The van der Waals surface area contributed by atoms with Crippen molar-refractivity contribution in [2.45, 2.75) is 50.4 Å². The van der Waals surface area contributed by atoms with Crippen LogP contribution in [0.1, 0.15) is 37.7 Å². The van der Waals surface area contributed by atoms with Crippen LogP contribution in [0.25, 0.3) is 0 Å². The number of rotatable bonds is 3. The van der Waals surface area contributed by atoms with Crippen molar-refractivity contribution in [3.8, 4) is 0 Å². The van der Waals surface area contributed by atoms with Gasteiger partial charge in [0.25, 0.3) is 0 Å². The van der Waals surface area contributed by atoms with E-state index in [1.165, 1.54) is 0 Å². The summed E-state index contributed by atoms with van der Waals surface area (Å²) >= 11 is 0. The highest BCUT2D eigenvalue weighted by atomic mass is 16.6. The number of piperidine rings is 1. The minimum absolute atomic E-state index is 0.106. The largest absolute Gasteiger partial charge is 0.371 e. The predicted octanol–water partition coefficient (Wildman–Crippen LogP) is 2.44. The monoisotopic (exact) mass is 345 g/mol. The summed E-state index contributed by atoms with van der Waals surface area (Å²) in [4.78, 5) is 20.7. The summed E-state index contributed by atoms with van der Waals surface area (Å²) in [5.74, 6) is 0. The van der Waals surface area contributed by atoms with Crippen LogP contribution in [0.4, 0.5) is 4.79 Å². The van der Waals surface area contributed by atoms with Crippen molar-refractivity contribution in [1.29, 1.82) is 0 Å². The van der Waals surface area contributed by atoms with Crippen molar-refractivity contribution in [1.82, 2.24) is 14.8 Å². The second-order valence-corrected chi connectivity index (χ2v) is 7.49. The average molecular weight is 345 g/mol. The van der Waals surface area contributed by atoms with E-state index >= 15 is 0 Å². The van der Waals surface area contributed by atoms with E-state index in [0.717, 1.165) is 57.3 Å². The van der Waals surface area contributed by atoms with Gasteiger partial charge in [-0.25, -0.2) is 4.79 Å². The second-order valence-electron chi connectivity index (χ2n) is 7.49. The van der Waals surface area contributed by atoms with Crippen molar-refractivity contribution in [3.63, 3.8) is 0 Å². The number of likely N-dealkylation sites (tertiary alicyclic amines) is 2. The standard InChI is InChI=1S/C19H27N3O3/c23-18(21-9-1-2-10-21)22-11-3-6-19(15-22)12-17(14-25-19)24-13-16-4-7-20-8-5-16/h4-5,7-8,17H,1-3,6,9-15H2/t17-,19-/m0/s1. The Morgan fingerprint density at radius 2 is 1.96 bits per heavy atom. The Kier molecular flexibility index (Phi) is 4.90. The molecule has 6 heteroatoms. The van der Waals surface area contributed by atoms with E-state index in [4.69, 9.17) is 9.47 Å². The zero-order chi connectivity index (χ0) is 17.1. The highest BCUT2D eigenvalue weighted by Gasteiger charge is 2.45. The number of ether oxygens (including phenoxy) is 2. The molecular weight excluding hydrogens is 318 g/mol. The van der Waals surface area contributed by atoms with Crippen LogP contribution in [-0.2, 0) is 16.1 Å². The number of pyridine rings is 1. The molecule has 1 aromatic rings. The van der Waals surface area contributed by atoms with Gasteiger partial charge in [0.05, 0.1) is 31.5 Å². The normalized spacial score (nSPS) is 29.5. The molecule has 0 aromatic carbocycles. The van der Waals surface area contributed by atoms with Gasteiger partial charge in [0.1, 0.15) is 0 Å². The molecule has 0 radical (unpaired) electrons. The molecule has 0 unspecified atom stereocenters. The minimum atomic E-state index is -0.212. The maximum absolute atomic E-state index is 12.7. The molecule has 3 fully saturated rings. The number of carbonyl (C=O) groups is 1. The summed E-state index contributed by atoms with van der Waals surface area (Å²) in [7, 11) is 0. The van der Waals surface area contributed by atoms with Gasteiger partial charge in [0, 0.05) is 38.4 Å². The molecule has 136 valence electrons. The Morgan fingerprint density at radius 1 is 1.20 bits per heavy atom. The highest BCUT2D eigenvalue weighted by Crippen LogP contribution is 2.36. The molecule has 0 saturated carbocycles. The lowest BCUT2D eigenvalue weighted by atomic mass is 9.89. The number of hydrogen-bond donors (Lipinski definition) is 0. The third-order valence-corrected chi connectivity index (χ3v) is 5.60. The van der Waals surface area contributed by atoms with Crippen molar-refractivity contribution >= 4 is 6.03 Å². The predicted molar refractivity (Wildman–Crippen MR) is 93.1 cm³/mol. The maximum Gasteiger partial charge on any atom is 0.320 e. The lowest BCUT2D eigenvalue weighted by Gasteiger charge is -2.41. The molecule has 3 aliphatic heterocycles. The van der Waals surface area contributed by atoms with Gasteiger partial charge in [-0.15, -0.1) is 0 Å². The quantitative estimate of drug-likeness (QED) is 0.844. The number of nitrogens with zero attached hydrogens (tertiary/aromatic N) is 3. The lowest BCUT2D eigenvalue weighted by molar-refractivity contribution is -0.0456. The van der Waals surface area contributed by atoms with Crippen LogP contribution in [0.15, 0.2) is 24.5 Å². The van der Waals surface area contributed by atoms with Crippen LogP contribution in [0.5, 0.6) is 0 Å². The molecule has 6 nitrogen and oxygen atoms in total. The first-order chi connectivity index (χ1) is 12.2. The molecule has 4 heterocycles. The van der Waals surface area contributed by atoms with Gasteiger partial charge < -0.3 is 19.3 Å².